The van der Waals surface area contributed by atoms with E-state index in [2.05, 4.69) is 34.6 Å². The van der Waals surface area contributed by atoms with Crippen LogP contribution in [0.15, 0.2) is 0 Å². The van der Waals surface area contributed by atoms with Gasteiger partial charge in [0.05, 0.1) is 0 Å². The van der Waals surface area contributed by atoms with E-state index in [9.17, 15) is 14.4 Å². The van der Waals surface area contributed by atoms with Gasteiger partial charge in [0.25, 0.3) is 0 Å². The lowest BCUT2D eigenvalue weighted by Gasteiger charge is -2.18. The van der Waals surface area contributed by atoms with Crippen LogP contribution < -0.4 is 0 Å². The normalized spacial score (nSPS) is 12.0. The molecule has 0 saturated carbocycles. The molecule has 0 heterocycles. The Morgan fingerprint density at radius 3 is 0.700 bits per heavy atom. The van der Waals surface area contributed by atoms with Crippen LogP contribution in [0.25, 0.3) is 0 Å². The number of esters is 3. The second kappa shape index (κ2) is 56.7. The van der Waals surface area contributed by atoms with Crippen molar-refractivity contribution in [3.63, 3.8) is 0 Å². The molecule has 0 saturated heterocycles. The third kappa shape index (κ3) is 57.3. The maximum Gasteiger partial charge on any atom is 0.306 e. The molecule has 0 aliphatic heterocycles. The summed E-state index contributed by atoms with van der Waals surface area (Å²) >= 11 is 0. The molecule has 0 unspecified atom stereocenters. The van der Waals surface area contributed by atoms with Gasteiger partial charge >= 0.3 is 17.9 Å². The topological polar surface area (TPSA) is 78.9 Å². The smallest absolute Gasteiger partial charge is 0.306 e. The van der Waals surface area contributed by atoms with Crippen LogP contribution in [0.5, 0.6) is 0 Å². The zero-order valence-corrected chi connectivity index (χ0v) is 48.2. The Kier molecular flexibility index (Phi) is 55.4. The van der Waals surface area contributed by atoms with Gasteiger partial charge < -0.3 is 14.2 Å². The minimum absolute atomic E-state index is 0.0620. The highest BCUT2D eigenvalue weighted by Gasteiger charge is 2.19. The highest BCUT2D eigenvalue weighted by atomic mass is 16.6. The largest absolute Gasteiger partial charge is 0.462 e. The summed E-state index contributed by atoms with van der Waals surface area (Å²) in [6, 6.07) is 0. The van der Waals surface area contributed by atoms with E-state index in [1.165, 1.54) is 250 Å². The van der Waals surface area contributed by atoms with E-state index in [0.29, 0.717) is 19.3 Å². The fraction of sp³-hybridized carbons (Fsp3) is 0.953. The third-order valence-electron chi connectivity index (χ3n) is 14.7. The molecule has 0 aliphatic rings. The molecule has 0 amide bonds. The Morgan fingerprint density at radius 1 is 0.271 bits per heavy atom. The number of carbonyl (C=O) groups excluding carboxylic acids is 3. The average Bonchev–Trinajstić information content (AvgIpc) is 3.33. The molecular formula is C64H124O6. The maximum absolute atomic E-state index is 12.9. The van der Waals surface area contributed by atoms with Gasteiger partial charge in [0.2, 0.25) is 0 Å². The summed E-state index contributed by atoms with van der Waals surface area (Å²) < 4.78 is 17.0. The molecular weight excluding hydrogens is 865 g/mol. The molecule has 0 aromatic carbocycles. The highest BCUT2D eigenvalue weighted by Crippen LogP contribution is 2.19. The van der Waals surface area contributed by atoms with Gasteiger partial charge in [-0.05, 0) is 31.1 Å². The summed E-state index contributed by atoms with van der Waals surface area (Å²) in [6.07, 6.45) is 62.4. The van der Waals surface area contributed by atoms with Gasteiger partial charge in [-0.3, -0.25) is 14.4 Å². The van der Waals surface area contributed by atoms with E-state index in [1.807, 2.05) is 0 Å². The monoisotopic (exact) mass is 989 g/mol. The highest BCUT2D eigenvalue weighted by molar-refractivity contribution is 5.71. The lowest BCUT2D eigenvalue weighted by atomic mass is 10.0. The van der Waals surface area contributed by atoms with E-state index in [4.69, 9.17) is 14.2 Å². The van der Waals surface area contributed by atoms with Crippen LogP contribution in [-0.4, -0.2) is 37.2 Å². The quantitative estimate of drug-likeness (QED) is 0.0343. The number of hydrogen-bond acceptors (Lipinski definition) is 6. The van der Waals surface area contributed by atoms with Crippen LogP contribution in [0.2, 0.25) is 0 Å². The molecule has 1 atom stereocenters. The van der Waals surface area contributed by atoms with Crippen LogP contribution in [0, 0.1) is 11.8 Å². The lowest BCUT2D eigenvalue weighted by Crippen LogP contribution is -2.30. The van der Waals surface area contributed by atoms with Crippen molar-refractivity contribution in [1.29, 1.82) is 0 Å². The van der Waals surface area contributed by atoms with Crippen LogP contribution in [0.3, 0.4) is 0 Å². The minimum atomic E-state index is -0.764. The predicted molar refractivity (Wildman–Crippen MR) is 303 cm³/mol. The van der Waals surface area contributed by atoms with E-state index in [-0.39, 0.29) is 31.1 Å². The Morgan fingerprint density at radius 2 is 0.471 bits per heavy atom. The third-order valence-corrected chi connectivity index (χ3v) is 14.7. The van der Waals surface area contributed by atoms with Gasteiger partial charge in [0, 0.05) is 19.3 Å². The number of unbranched alkanes of at least 4 members (excludes halogenated alkanes) is 43. The van der Waals surface area contributed by atoms with Crippen LogP contribution in [0.1, 0.15) is 362 Å². The number of ether oxygens (including phenoxy) is 3. The van der Waals surface area contributed by atoms with E-state index >= 15 is 0 Å². The zero-order valence-electron chi connectivity index (χ0n) is 48.2. The summed E-state index contributed by atoms with van der Waals surface area (Å²) in [5, 5.41) is 0. The van der Waals surface area contributed by atoms with E-state index in [1.54, 1.807) is 0 Å². The maximum atomic E-state index is 12.9. The van der Waals surface area contributed by atoms with Crippen molar-refractivity contribution in [2.45, 2.75) is 368 Å². The molecule has 6 heteroatoms. The van der Waals surface area contributed by atoms with Crippen molar-refractivity contribution >= 4 is 17.9 Å². The molecule has 0 N–H and O–H groups in total. The van der Waals surface area contributed by atoms with Crippen LogP contribution >= 0.6 is 0 Å². The Balaban J connectivity index is 4.28. The standard InChI is InChI=1S/C64H124O6/c1-6-7-8-9-10-11-12-13-14-15-16-21-24-31-36-41-46-51-56-64(67)70-61(58-69-63(66)55-50-45-40-35-30-26-25-28-33-38-43-48-53-60(4)5)57-68-62(65)54-49-44-39-34-29-23-20-18-17-19-22-27-32-37-42-47-52-59(2)3/h59-61H,6-58H2,1-5H3/t61-/m1/s1. The molecule has 0 aromatic heterocycles. The predicted octanol–water partition coefficient (Wildman–Crippen LogP) is 21.2. The first-order valence-electron chi connectivity index (χ1n) is 31.7. The minimum Gasteiger partial charge on any atom is -0.462 e. The zero-order chi connectivity index (χ0) is 51.1. The molecule has 416 valence electrons. The molecule has 0 fully saturated rings. The van der Waals surface area contributed by atoms with Gasteiger partial charge in [0.1, 0.15) is 13.2 Å². The van der Waals surface area contributed by atoms with Gasteiger partial charge in [-0.2, -0.15) is 0 Å². The average molecular weight is 990 g/mol. The summed E-state index contributed by atoms with van der Waals surface area (Å²) in [5.41, 5.74) is 0. The van der Waals surface area contributed by atoms with Gasteiger partial charge in [-0.15, -0.1) is 0 Å². The fourth-order valence-electron chi connectivity index (χ4n) is 9.93. The molecule has 6 nitrogen and oxygen atoms in total. The first-order chi connectivity index (χ1) is 34.2. The molecule has 0 spiro atoms. The molecule has 0 aliphatic carbocycles. The summed E-state index contributed by atoms with van der Waals surface area (Å²) in [4.78, 5) is 38.3. The Hall–Kier alpha value is -1.59. The number of carbonyl (C=O) groups is 3. The second-order valence-electron chi connectivity index (χ2n) is 23.0. The van der Waals surface area contributed by atoms with Gasteiger partial charge in [0.15, 0.2) is 6.10 Å². The molecule has 0 radical (unpaired) electrons. The first-order valence-corrected chi connectivity index (χ1v) is 31.7. The summed E-state index contributed by atoms with van der Waals surface area (Å²) in [5.74, 6) is 0.855. The molecule has 70 heavy (non-hydrogen) atoms. The van der Waals surface area contributed by atoms with Crippen molar-refractivity contribution in [3.8, 4) is 0 Å². The van der Waals surface area contributed by atoms with Crippen molar-refractivity contribution in [2.24, 2.45) is 11.8 Å². The first kappa shape index (κ1) is 68.4. The second-order valence-corrected chi connectivity index (χ2v) is 23.0. The molecule has 0 bridgehead atoms. The number of rotatable bonds is 58. The number of hydrogen-bond donors (Lipinski definition) is 0. The van der Waals surface area contributed by atoms with Crippen molar-refractivity contribution < 1.29 is 28.6 Å². The van der Waals surface area contributed by atoms with Gasteiger partial charge in [-0.1, -0.05) is 324 Å². The van der Waals surface area contributed by atoms with Crippen molar-refractivity contribution in [3.05, 3.63) is 0 Å². The Bertz CT molecular complexity index is 1070. The Labute approximate surface area is 438 Å². The van der Waals surface area contributed by atoms with Gasteiger partial charge in [-0.25, -0.2) is 0 Å². The van der Waals surface area contributed by atoms with E-state index < -0.39 is 6.10 Å². The molecule has 0 aromatic rings. The lowest BCUT2D eigenvalue weighted by molar-refractivity contribution is -0.167. The van der Waals surface area contributed by atoms with E-state index in [0.717, 1.165) is 69.6 Å². The fourth-order valence-corrected chi connectivity index (χ4v) is 9.93. The summed E-state index contributed by atoms with van der Waals surface area (Å²) in [6.45, 7) is 11.4. The van der Waals surface area contributed by atoms with Crippen molar-refractivity contribution in [2.75, 3.05) is 13.2 Å². The van der Waals surface area contributed by atoms with Crippen LogP contribution in [-0.2, 0) is 28.6 Å². The van der Waals surface area contributed by atoms with Crippen molar-refractivity contribution in [1.82, 2.24) is 0 Å². The SMILES string of the molecule is CCCCCCCCCCCCCCCCCCCCC(=O)O[C@H](COC(=O)CCCCCCCCCCCCCCCCCCC(C)C)COC(=O)CCCCCCCCCCCCCCC(C)C. The molecule has 0 rings (SSSR count). The summed E-state index contributed by atoms with van der Waals surface area (Å²) in [7, 11) is 0. The van der Waals surface area contributed by atoms with Crippen LogP contribution in [0.4, 0.5) is 0 Å².